The molecule has 1 aliphatic rings. The van der Waals surface area contributed by atoms with Gasteiger partial charge in [0.05, 0.1) is 27.8 Å². The van der Waals surface area contributed by atoms with Gasteiger partial charge in [-0.15, -0.1) is 0 Å². The molecule has 0 radical (unpaired) electrons. The van der Waals surface area contributed by atoms with Crippen molar-refractivity contribution in [3.63, 3.8) is 0 Å². The third-order valence-electron chi connectivity index (χ3n) is 10.8. The number of nitrogens with zero attached hydrogens (tertiary/aromatic N) is 7. The fourth-order valence-electron chi connectivity index (χ4n) is 7.78. The van der Waals surface area contributed by atoms with Crippen molar-refractivity contribution >= 4 is 62.6 Å². The topological polar surface area (TPSA) is 146 Å². The number of aromatic nitrogens is 6. The molecule has 6 aromatic rings. The number of amides is 3. The molecular formula is C43H49FN10O3. The Morgan fingerprint density at radius 1 is 1.04 bits per heavy atom. The van der Waals surface area contributed by atoms with Gasteiger partial charge in [0.25, 0.3) is 5.91 Å². The summed E-state index contributed by atoms with van der Waals surface area (Å²) < 4.78 is 18.7. The first-order valence-corrected chi connectivity index (χ1v) is 19.7. The fourth-order valence-corrected chi connectivity index (χ4v) is 7.78. The zero-order valence-electron chi connectivity index (χ0n) is 33.0. The quantitative estimate of drug-likeness (QED) is 0.0595. The zero-order valence-corrected chi connectivity index (χ0v) is 33.0. The number of halogens is 1. The number of aryl methyl sites for hydroxylation is 3. The number of aromatic amines is 1. The number of hydrogen-bond donors (Lipinski definition) is 3. The van der Waals surface area contributed by atoms with Crippen molar-refractivity contribution in [1.82, 2.24) is 39.7 Å². The average Bonchev–Trinajstić information content (AvgIpc) is 3.98. The summed E-state index contributed by atoms with van der Waals surface area (Å²) in [5.41, 5.74) is 5.46. The smallest absolute Gasteiger partial charge is 0.322 e. The van der Waals surface area contributed by atoms with E-state index in [4.69, 9.17) is 5.10 Å². The molecule has 1 saturated heterocycles. The van der Waals surface area contributed by atoms with E-state index in [1.165, 1.54) is 30.1 Å². The highest BCUT2D eigenvalue weighted by Crippen LogP contribution is 2.32. The summed E-state index contributed by atoms with van der Waals surface area (Å²) in [6.07, 6.45) is 10.5. The maximum absolute atomic E-state index is 15.2. The van der Waals surface area contributed by atoms with E-state index < -0.39 is 11.8 Å². The number of urea groups is 1. The van der Waals surface area contributed by atoms with Gasteiger partial charge in [-0.3, -0.25) is 24.0 Å². The first-order chi connectivity index (χ1) is 27.6. The van der Waals surface area contributed by atoms with E-state index in [1.807, 2.05) is 42.1 Å². The summed E-state index contributed by atoms with van der Waals surface area (Å²) >= 11 is 0. The highest BCUT2D eigenvalue weighted by atomic mass is 19.1. The van der Waals surface area contributed by atoms with Crippen molar-refractivity contribution in [2.24, 2.45) is 7.05 Å². The first kappa shape index (κ1) is 39.2. The van der Waals surface area contributed by atoms with Crippen LogP contribution in [-0.2, 0) is 18.4 Å². The van der Waals surface area contributed by atoms with Crippen LogP contribution < -0.4 is 15.5 Å². The number of fused-ring (bicyclic) bond motifs is 3. The van der Waals surface area contributed by atoms with Gasteiger partial charge in [0.15, 0.2) is 5.82 Å². The lowest BCUT2D eigenvalue weighted by Crippen LogP contribution is -2.39. The van der Waals surface area contributed by atoms with E-state index in [0.717, 1.165) is 85.4 Å². The van der Waals surface area contributed by atoms with Gasteiger partial charge in [0.2, 0.25) is 0 Å². The third-order valence-corrected chi connectivity index (χ3v) is 10.8. The molecule has 1 unspecified atom stereocenters. The summed E-state index contributed by atoms with van der Waals surface area (Å²) in [6, 6.07) is 12.7. The highest BCUT2D eigenvalue weighted by molar-refractivity contribution is 6.06. The van der Waals surface area contributed by atoms with Crippen molar-refractivity contribution < 1.29 is 18.8 Å². The Bertz CT molecular complexity index is 2510. The van der Waals surface area contributed by atoms with E-state index >= 15 is 4.39 Å². The largest absolute Gasteiger partial charge is 0.357 e. The Morgan fingerprint density at radius 3 is 2.65 bits per heavy atom. The van der Waals surface area contributed by atoms with Crippen molar-refractivity contribution in [2.45, 2.75) is 77.3 Å². The summed E-state index contributed by atoms with van der Waals surface area (Å²) in [4.78, 5) is 48.6. The Labute approximate surface area is 331 Å². The molecule has 0 spiro atoms. The van der Waals surface area contributed by atoms with E-state index in [9.17, 15) is 14.4 Å². The average molecular weight is 773 g/mol. The molecule has 13 nitrogen and oxygen atoms in total. The van der Waals surface area contributed by atoms with E-state index in [2.05, 4.69) is 55.6 Å². The molecule has 3 N–H and O–H groups in total. The number of likely N-dealkylation sites (tertiary alicyclic amines) is 1. The lowest BCUT2D eigenvalue weighted by molar-refractivity contribution is -0.107. The van der Waals surface area contributed by atoms with Crippen molar-refractivity contribution in [1.29, 1.82) is 0 Å². The number of carbonyl (C=O) groups is 3. The van der Waals surface area contributed by atoms with Crippen molar-refractivity contribution in [2.75, 3.05) is 37.4 Å². The van der Waals surface area contributed by atoms with Crippen LogP contribution >= 0.6 is 0 Å². The molecule has 7 rings (SSSR count). The van der Waals surface area contributed by atoms with E-state index in [1.54, 1.807) is 17.8 Å². The van der Waals surface area contributed by atoms with Crippen LogP contribution in [0, 0.1) is 24.6 Å². The lowest BCUT2D eigenvalue weighted by Gasteiger charge is -2.19. The third kappa shape index (κ3) is 8.53. The molecule has 0 saturated carbocycles. The number of unbranched alkanes of at least 4 members (excludes halogenated alkanes) is 5. The van der Waals surface area contributed by atoms with Crippen molar-refractivity contribution in [3.05, 3.63) is 77.0 Å². The Morgan fingerprint density at radius 2 is 1.86 bits per heavy atom. The second kappa shape index (κ2) is 17.4. The SMILES string of the molecule is CNC(=O)N(CCC=O)c1nn(C)c2cc(C#CCCCCCCCn3nc(C)c4ccc(C(=O)Nc5cc6[nH]c(C7CCCN7C)cc6cn5)cc43)c(F)cc12. The number of rotatable bonds is 14. The first-order valence-electron chi connectivity index (χ1n) is 19.7. The summed E-state index contributed by atoms with van der Waals surface area (Å²) in [5, 5.41) is 17.3. The van der Waals surface area contributed by atoms with Crippen LogP contribution in [0.5, 0.6) is 0 Å². The van der Waals surface area contributed by atoms with Gasteiger partial charge in [0, 0.05) is 85.7 Å². The Hall–Kier alpha value is -6.07. The summed E-state index contributed by atoms with van der Waals surface area (Å²) in [7, 11) is 5.37. The predicted molar refractivity (Wildman–Crippen MR) is 221 cm³/mol. The van der Waals surface area contributed by atoms with Gasteiger partial charge in [-0.05, 0) is 76.5 Å². The van der Waals surface area contributed by atoms with Gasteiger partial charge >= 0.3 is 6.03 Å². The number of anilines is 2. The molecule has 1 atom stereocenters. The molecule has 1 fully saturated rings. The lowest BCUT2D eigenvalue weighted by atomic mass is 10.1. The number of nitrogens with one attached hydrogen (secondary N) is 3. The standard InChI is InChI=1S/C43H49FN10O3/c1-28-32-17-16-30(42(56)48-40-26-35-31(27-46-40)22-36(47-35)37-15-12-18-51(37)3)24-39(32)54(49-28)20-11-9-7-5-6-8-10-14-29-23-38-33(25-34(29)44)41(50-52(38)4)53(19-13-21-55)43(57)45-2/h16-17,21-27,37,47H,5-9,11-13,15,18-20H2,1-4H3,(H,45,57)(H,46,48,56). The molecule has 57 heavy (non-hydrogen) atoms. The predicted octanol–water partition coefficient (Wildman–Crippen LogP) is 7.39. The Kier molecular flexibility index (Phi) is 11.9. The zero-order chi connectivity index (χ0) is 40.1. The number of hydrogen-bond acceptors (Lipinski definition) is 7. The molecule has 4 aromatic heterocycles. The summed E-state index contributed by atoms with van der Waals surface area (Å²) in [5.74, 6) is 6.18. The van der Waals surface area contributed by atoms with Crippen LogP contribution in [0.15, 0.2) is 48.7 Å². The second-order valence-corrected chi connectivity index (χ2v) is 14.8. The van der Waals surface area contributed by atoms with Gasteiger partial charge in [-0.2, -0.15) is 10.2 Å². The Balaban J connectivity index is 0.896. The normalized spacial score (nSPS) is 14.3. The van der Waals surface area contributed by atoms with Gasteiger partial charge in [-0.25, -0.2) is 14.2 Å². The number of carbonyl (C=O) groups excluding carboxylic acids is 3. The van der Waals surface area contributed by atoms with Gasteiger partial charge in [-0.1, -0.05) is 37.2 Å². The minimum Gasteiger partial charge on any atom is -0.357 e. The molecule has 0 aliphatic carbocycles. The van der Waals surface area contributed by atoms with Crippen molar-refractivity contribution in [3.8, 4) is 11.8 Å². The molecule has 5 heterocycles. The molecule has 1 aliphatic heterocycles. The van der Waals surface area contributed by atoms with E-state index in [-0.39, 0.29) is 30.3 Å². The van der Waals surface area contributed by atoms with Crippen LogP contribution in [-0.4, -0.2) is 79.8 Å². The molecule has 296 valence electrons. The molecule has 3 amide bonds. The number of H-pyrrole nitrogens is 1. The van der Waals surface area contributed by atoms with Crippen LogP contribution in [0.4, 0.5) is 20.8 Å². The number of pyridine rings is 1. The monoisotopic (exact) mass is 772 g/mol. The molecule has 0 bridgehead atoms. The van der Waals surface area contributed by atoms with Gasteiger partial charge in [0.1, 0.15) is 17.9 Å². The minimum absolute atomic E-state index is 0.130. The van der Waals surface area contributed by atoms with Crippen LogP contribution in [0.1, 0.15) is 91.1 Å². The van der Waals surface area contributed by atoms with Gasteiger partial charge < -0.3 is 20.4 Å². The fraction of sp³-hybridized carbons (Fsp3) is 0.395. The molecule has 2 aromatic carbocycles. The molecule has 14 heteroatoms. The number of benzene rings is 2. The summed E-state index contributed by atoms with van der Waals surface area (Å²) in [6.45, 7) is 3.96. The van der Waals surface area contributed by atoms with E-state index in [0.29, 0.717) is 34.7 Å². The molecular weight excluding hydrogens is 724 g/mol. The second-order valence-electron chi connectivity index (χ2n) is 14.8. The maximum atomic E-state index is 15.2. The van der Waals surface area contributed by atoms with Crippen LogP contribution in [0.25, 0.3) is 32.7 Å². The van der Waals surface area contributed by atoms with Crippen LogP contribution in [0.3, 0.4) is 0 Å². The highest BCUT2D eigenvalue weighted by Gasteiger charge is 2.25. The number of aldehydes is 1. The maximum Gasteiger partial charge on any atom is 0.322 e. The van der Waals surface area contributed by atoms with Crippen LogP contribution in [0.2, 0.25) is 0 Å². The minimum atomic E-state index is -0.488.